The first kappa shape index (κ1) is 18.6. The Bertz CT molecular complexity index is 860. The Morgan fingerprint density at radius 2 is 1.86 bits per heavy atom. The lowest BCUT2D eigenvalue weighted by Gasteiger charge is -2.45. The minimum Gasteiger partial charge on any atom is -0.440 e. The first-order valence-electron chi connectivity index (χ1n) is 10.5. The normalized spacial score (nSPS) is 24.7. The van der Waals surface area contributed by atoms with E-state index in [4.69, 9.17) is 9.26 Å². The van der Waals surface area contributed by atoms with Crippen LogP contribution in [0.5, 0.6) is 0 Å². The van der Waals surface area contributed by atoms with Crippen LogP contribution in [0.4, 0.5) is 4.79 Å². The summed E-state index contributed by atoms with van der Waals surface area (Å²) >= 11 is 0. The largest absolute Gasteiger partial charge is 0.440 e. The number of piperidine rings is 1. The van der Waals surface area contributed by atoms with Crippen LogP contribution in [0.2, 0.25) is 0 Å². The molecule has 1 unspecified atom stereocenters. The summed E-state index contributed by atoms with van der Waals surface area (Å²) in [5, 5.41) is 4.11. The lowest BCUT2D eigenvalue weighted by Crippen LogP contribution is -2.60. The number of nitrogens with zero attached hydrogens (tertiary/aromatic N) is 4. The van der Waals surface area contributed by atoms with Gasteiger partial charge in [0.05, 0.1) is 11.7 Å². The van der Waals surface area contributed by atoms with Crippen LogP contribution in [-0.2, 0) is 17.8 Å². The van der Waals surface area contributed by atoms with Gasteiger partial charge < -0.3 is 9.26 Å². The lowest BCUT2D eigenvalue weighted by molar-refractivity contribution is -0.0371. The van der Waals surface area contributed by atoms with Gasteiger partial charge in [0.15, 0.2) is 0 Å². The number of rotatable bonds is 4. The number of hydrogen-bond donors (Lipinski definition) is 0. The molecule has 0 N–H and O–H groups in total. The lowest BCUT2D eigenvalue weighted by atomic mass is 9.83. The van der Waals surface area contributed by atoms with E-state index in [1.807, 2.05) is 24.0 Å². The van der Waals surface area contributed by atoms with Crippen LogP contribution in [0, 0.1) is 6.92 Å². The quantitative estimate of drug-likeness (QED) is 0.792. The molecular formula is C22H28N4O3. The zero-order chi connectivity index (χ0) is 19.8. The number of likely N-dealkylation sites (tertiary alicyclic amines) is 1. The molecule has 0 saturated carbocycles. The monoisotopic (exact) mass is 396 g/mol. The van der Waals surface area contributed by atoms with Crippen molar-refractivity contribution in [3.63, 3.8) is 0 Å². The van der Waals surface area contributed by atoms with Crippen molar-refractivity contribution in [2.75, 3.05) is 32.7 Å². The molecule has 1 aromatic carbocycles. The molecule has 4 heterocycles. The van der Waals surface area contributed by atoms with E-state index in [0.29, 0.717) is 0 Å². The minimum absolute atomic E-state index is 0.130. The first-order valence-corrected chi connectivity index (χ1v) is 10.5. The summed E-state index contributed by atoms with van der Waals surface area (Å²) in [4.78, 5) is 19.4. The molecule has 3 aliphatic heterocycles. The van der Waals surface area contributed by atoms with Gasteiger partial charge in [-0.3, -0.25) is 14.7 Å². The van der Waals surface area contributed by atoms with E-state index in [1.54, 1.807) is 0 Å². The van der Waals surface area contributed by atoms with Gasteiger partial charge in [0.1, 0.15) is 11.4 Å². The Kier molecular flexibility index (Phi) is 4.80. The zero-order valence-electron chi connectivity index (χ0n) is 16.9. The molecule has 3 aliphatic rings. The number of carbonyl (C=O) groups is 1. The number of hydrogen-bond acceptors (Lipinski definition) is 6. The van der Waals surface area contributed by atoms with Crippen LogP contribution in [-0.4, -0.2) is 70.3 Å². The molecule has 1 amide bonds. The SMILES string of the molecule is Cc1cc(CN2CCC3(CC2)OC(=O)N2CCN(Cc4ccccc4)CC23)no1. The smallest absolute Gasteiger partial charge is 0.410 e. The Hall–Kier alpha value is -2.38. The molecular weight excluding hydrogens is 368 g/mol. The third-order valence-electron chi connectivity index (χ3n) is 6.61. The minimum atomic E-state index is -0.358. The van der Waals surface area contributed by atoms with E-state index >= 15 is 0 Å². The number of ether oxygens (including phenoxy) is 1. The molecule has 3 saturated heterocycles. The van der Waals surface area contributed by atoms with Crippen LogP contribution >= 0.6 is 0 Å². The Labute approximate surface area is 171 Å². The van der Waals surface area contributed by atoms with E-state index in [-0.39, 0.29) is 17.7 Å². The highest BCUT2D eigenvalue weighted by molar-refractivity contribution is 5.72. The first-order chi connectivity index (χ1) is 14.1. The van der Waals surface area contributed by atoms with Crippen molar-refractivity contribution in [3.05, 3.63) is 53.4 Å². The summed E-state index contributed by atoms with van der Waals surface area (Å²) in [6.07, 6.45) is 1.61. The molecule has 1 atom stereocenters. The highest BCUT2D eigenvalue weighted by Crippen LogP contribution is 2.40. The summed E-state index contributed by atoms with van der Waals surface area (Å²) in [5.74, 6) is 0.842. The standard InChI is InChI=1S/C22H28N4O3/c1-17-13-19(23-29-17)15-24-9-7-22(8-10-24)20-16-25(11-12-26(20)21(27)28-22)14-18-5-3-2-4-6-18/h2-6,13,20H,7-12,14-16H2,1H3. The predicted molar refractivity (Wildman–Crippen MR) is 107 cm³/mol. The molecule has 0 bridgehead atoms. The van der Waals surface area contributed by atoms with E-state index in [0.717, 1.165) is 70.1 Å². The third kappa shape index (κ3) is 3.65. The molecule has 5 rings (SSSR count). The fourth-order valence-electron chi connectivity index (χ4n) is 5.04. The Balaban J connectivity index is 1.25. The molecule has 7 nitrogen and oxygen atoms in total. The van der Waals surface area contributed by atoms with Gasteiger partial charge in [0.25, 0.3) is 0 Å². The van der Waals surface area contributed by atoms with Crippen molar-refractivity contribution < 1.29 is 14.1 Å². The van der Waals surface area contributed by atoms with Crippen molar-refractivity contribution in [3.8, 4) is 0 Å². The third-order valence-corrected chi connectivity index (χ3v) is 6.61. The molecule has 3 fully saturated rings. The maximum absolute atomic E-state index is 12.6. The molecule has 1 spiro atoms. The Morgan fingerprint density at radius 1 is 1.07 bits per heavy atom. The maximum atomic E-state index is 12.6. The van der Waals surface area contributed by atoms with Gasteiger partial charge in [-0.15, -0.1) is 0 Å². The van der Waals surface area contributed by atoms with Gasteiger partial charge in [-0.1, -0.05) is 35.5 Å². The van der Waals surface area contributed by atoms with Crippen LogP contribution < -0.4 is 0 Å². The van der Waals surface area contributed by atoms with Crippen LogP contribution in [0.3, 0.4) is 0 Å². The number of fused-ring (bicyclic) bond motifs is 2. The second-order valence-corrected chi connectivity index (χ2v) is 8.57. The van der Waals surface area contributed by atoms with Crippen molar-refractivity contribution >= 4 is 6.09 Å². The van der Waals surface area contributed by atoms with E-state index in [2.05, 4.69) is 39.2 Å². The fourth-order valence-corrected chi connectivity index (χ4v) is 5.04. The van der Waals surface area contributed by atoms with E-state index in [1.165, 1.54) is 5.56 Å². The number of carbonyl (C=O) groups excluding carboxylic acids is 1. The zero-order valence-corrected chi connectivity index (χ0v) is 16.9. The summed E-state index contributed by atoms with van der Waals surface area (Å²) in [7, 11) is 0. The van der Waals surface area contributed by atoms with E-state index in [9.17, 15) is 4.79 Å². The molecule has 0 aliphatic carbocycles. The fraction of sp³-hybridized carbons (Fsp3) is 0.545. The van der Waals surface area contributed by atoms with Crippen LogP contribution in [0.1, 0.15) is 29.9 Å². The summed E-state index contributed by atoms with van der Waals surface area (Å²) in [6.45, 7) is 7.96. The highest BCUT2D eigenvalue weighted by atomic mass is 16.6. The summed E-state index contributed by atoms with van der Waals surface area (Å²) in [5.41, 5.74) is 1.93. The number of aryl methyl sites for hydroxylation is 1. The molecule has 7 heteroatoms. The molecule has 29 heavy (non-hydrogen) atoms. The summed E-state index contributed by atoms with van der Waals surface area (Å²) in [6, 6.07) is 12.7. The molecule has 2 aromatic rings. The maximum Gasteiger partial charge on any atom is 0.410 e. The number of benzene rings is 1. The van der Waals surface area contributed by atoms with Crippen molar-refractivity contribution in [2.24, 2.45) is 0 Å². The van der Waals surface area contributed by atoms with Crippen LogP contribution in [0.25, 0.3) is 0 Å². The number of aromatic nitrogens is 1. The van der Waals surface area contributed by atoms with Gasteiger partial charge >= 0.3 is 6.09 Å². The van der Waals surface area contributed by atoms with Gasteiger partial charge in [0.2, 0.25) is 0 Å². The topological polar surface area (TPSA) is 62.1 Å². The molecule has 0 radical (unpaired) electrons. The number of piperazine rings is 1. The molecule has 1 aromatic heterocycles. The average molecular weight is 396 g/mol. The molecule has 154 valence electrons. The second kappa shape index (κ2) is 7.46. The average Bonchev–Trinajstić information content (AvgIpc) is 3.25. The predicted octanol–water partition coefficient (Wildman–Crippen LogP) is 2.65. The van der Waals surface area contributed by atoms with Crippen molar-refractivity contribution in [1.29, 1.82) is 0 Å². The van der Waals surface area contributed by atoms with Gasteiger partial charge in [0, 0.05) is 64.7 Å². The van der Waals surface area contributed by atoms with Crippen molar-refractivity contribution in [2.45, 2.75) is 44.5 Å². The van der Waals surface area contributed by atoms with Crippen LogP contribution in [0.15, 0.2) is 40.9 Å². The Morgan fingerprint density at radius 3 is 2.59 bits per heavy atom. The number of amides is 1. The second-order valence-electron chi connectivity index (χ2n) is 8.57. The van der Waals surface area contributed by atoms with Gasteiger partial charge in [-0.05, 0) is 12.5 Å². The van der Waals surface area contributed by atoms with Gasteiger partial charge in [-0.2, -0.15) is 0 Å². The highest BCUT2D eigenvalue weighted by Gasteiger charge is 2.56. The van der Waals surface area contributed by atoms with Crippen molar-refractivity contribution in [1.82, 2.24) is 19.9 Å². The van der Waals surface area contributed by atoms with E-state index < -0.39 is 0 Å². The summed E-state index contributed by atoms with van der Waals surface area (Å²) < 4.78 is 11.2. The van der Waals surface area contributed by atoms with Gasteiger partial charge in [-0.25, -0.2) is 4.79 Å².